The van der Waals surface area contributed by atoms with Gasteiger partial charge in [0.15, 0.2) is 11.7 Å². The molecule has 0 spiro atoms. The summed E-state index contributed by atoms with van der Waals surface area (Å²) in [4.78, 5) is 28.6. The lowest BCUT2D eigenvalue weighted by molar-refractivity contribution is -0.119. The second kappa shape index (κ2) is 7.90. The van der Waals surface area contributed by atoms with Crippen LogP contribution in [0.3, 0.4) is 0 Å². The van der Waals surface area contributed by atoms with Crippen molar-refractivity contribution < 1.29 is 23.5 Å². The number of fused-ring (bicyclic) bond motifs is 1. The average Bonchev–Trinajstić information content (AvgIpc) is 3.18. The van der Waals surface area contributed by atoms with Gasteiger partial charge in [-0.25, -0.2) is 14.2 Å². The summed E-state index contributed by atoms with van der Waals surface area (Å²) in [6.07, 6.45) is 0. The molecule has 0 aliphatic heterocycles. The number of nitrogens with one attached hydrogen (secondary N) is 1. The van der Waals surface area contributed by atoms with Gasteiger partial charge >= 0.3 is 5.97 Å². The van der Waals surface area contributed by atoms with Crippen LogP contribution in [0.15, 0.2) is 23.6 Å². The number of aryl methyl sites for hydroxylation is 1. The number of ether oxygens (including phenoxy) is 2. The molecule has 0 aliphatic rings. The van der Waals surface area contributed by atoms with Crippen molar-refractivity contribution >= 4 is 49.8 Å². The number of thiazole rings is 1. The van der Waals surface area contributed by atoms with Crippen molar-refractivity contribution in [3.63, 3.8) is 0 Å². The van der Waals surface area contributed by atoms with E-state index in [4.69, 9.17) is 9.47 Å². The van der Waals surface area contributed by atoms with Crippen molar-refractivity contribution in [1.29, 1.82) is 0 Å². The summed E-state index contributed by atoms with van der Waals surface area (Å²) in [5, 5.41) is 5.13. The molecule has 0 aliphatic carbocycles. The van der Waals surface area contributed by atoms with E-state index in [1.54, 1.807) is 17.5 Å². The molecule has 0 radical (unpaired) electrons. The van der Waals surface area contributed by atoms with Crippen molar-refractivity contribution in [3.8, 4) is 0 Å². The maximum Gasteiger partial charge on any atom is 0.349 e. The Bertz CT molecular complexity index is 967. The van der Waals surface area contributed by atoms with E-state index in [-0.39, 0.29) is 11.5 Å². The van der Waals surface area contributed by atoms with Crippen LogP contribution in [0.4, 0.5) is 9.52 Å². The van der Waals surface area contributed by atoms with E-state index in [0.29, 0.717) is 20.8 Å². The van der Waals surface area contributed by atoms with Crippen LogP contribution < -0.4 is 5.32 Å². The third-order valence-electron chi connectivity index (χ3n) is 3.44. The highest BCUT2D eigenvalue weighted by Crippen LogP contribution is 2.34. The standard InChI is InChI=1S/C17H15FN2O4S2/c1-9-8-25-17(19-9)20-13(21)7-24-16(22)15-10(6-23-2)14-11(18)4-3-5-12(14)26-15/h3-5,8H,6-7H2,1-2H3,(H,19,20,21). The van der Waals surface area contributed by atoms with E-state index >= 15 is 0 Å². The molecular formula is C17H15FN2O4S2. The minimum Gasteiger partial charge on any atom is -0.451 e. The van der Waals surface area contributed by atoms with E-state index in [9.17, 15) is 14.0 Å². The first-order valence-corrected chi connectivity index (χ1v) is 9.27. The summed E-state index contributed by atoms with van der Waals surface area (Å²) in [5.74, 6) is -1.61. The highest BCUT2D eigenvalue weighted by atomic mass is 32.1. The summed E-state index contributed by atoms with van der Waals surface area (Å²) < 4.78 is 24.9. The molecule has 1 aromatic carbocycles. The normalized spacial score (nSPS) is 10.9. The third-order valence-corrected chi connectivity index (χ3v) is 5.49. The lowest BCUT2D eigenvalue weighted by Crippen LogP contribution is -2.21. The summed E-state index contributed by atoms with van der Waals surface area (Å²) in [7, 11) is 1.46. The van der Waals surface area contributed by atoms with E-state index in [2.05, 4.69) is 10.3 Å². The van der Waals surface area contributed by atoms with E-state index in [1.807, 2.05) is 6.92 Å². The fourth-order valence-electron chi connectivity index (χ4n) is 2.38. The maximum absolute atomic E-state index is 14.1. The number of hydrogen-bond acceptors (Lipinski definition) is 7. The molecule has 3 aromatic rings. The number of halogens is 1. The summed E-state index contributed by atoms with van der Waals surface area (Å²) in [6.45, 7) is 1.42. The van der Waals surface area contributed by atoms with Gasteiger partial charge in [-0.3, -0.25) is 10.1 Å². The lowest BCUT2D eigenvalue weighted by atomic mass is 10.1. The van der Waals surface area contributed by atoms with Gasteiger partial charge < -0.3 is 9.47 Å². The highest BCUT2D eigenvalue weighted by Gasteiger charge is 2.22. The van der Waals surface area contributed by atoms with Crippen molar-refractivity contribution in [2.45, 2.75) is 13.5 Å². The number of rotatable bonds is 6. The van der Waals surface area contributed by atoms with Gasteiger partial charge in [-0.2, -0.15) is 0 Å². The van der Waals surface area contributed by atoms with Gasteiger partial charge in [0.1, 0.15) is 10.7 Å². The Labute approximate surface area is 156 Å². The van der Waals surface area contributed by atoms with Gasteiger partial charge in [-0.05, 0) is 19.1 Å². The van der Waals surface area contributed by atoms with E-state index in [0.717, 1.165) is 17.0 Å². The summed E-state index contributed by atoms with van der Waals surface area (Å²) in [6, 6.07) is 4.62. The number of carbonyl (C=O) groups excluding carboxylic acids is 2. The number of carbonyl (C=O) groups is 2. The smallest absolute Gasteiger partial charge is 0.349 e. The predicted molar refractivity (Wildman–Crippen MR) is 98.3 cm³/mol. The zero-order chi connectivity index (χ0) is 18.7. The Morgan fingerprint density at radius 3 is 2.85 bits per heavy atom. The van der Waals surface area contributed by atoms with Crippen molar-refractivity contribution in [1.82, 2.24) is 4.98 Å². The van der Waals surface area contributed by atoms with Crippen LogP contribution >= 0.6 is 22.7 Å². The van der Waals surface area contributed by atoms with Crippen LogP contribution in [0.5, 0.6) is 0 Å². The molecular weight excluding hydrogens is 379 g/mol. The van der Waals surface area contributed by atoms with Crippen LogP contribution in [0.1, 0.15) is 20.9 Å². The van der Waals surface area contributed by atoms with E-state index < -0.39 is 24.3 Å². The van der Waals surface area contributed by atoms with Gasteiger partial charge in [0, 0.05) is 28.1 Å². The monoisotopic (exact) mass is 394 g/mol. The van der Waals surface area contributed by atoms with Crippen LogP contribution in [0.2, 0.25) is 0 Å². The molecule has 0 saturated heterocycles. The molecule has 26 heavy (non-hydrogen) atoms. The van der Waals surface area contributed by atoms with Crippen LogP contribution in [0, 0.1) is 12.7 Å². The molecule has 3 rings (SSSR count). The molecule has 2 heterocycles. The molecule has 0 fully saturated rings. The minimum atomic E-state index is -0.692. The lowest BCUT2D eigenvalue weighted by Gasteiger charge is -2.06. The van der Waals surface area contributed by atoms with Gasteiger partial charge in [-0.1, -0.05) is 6.07 Å². The van der Waals surface area contributed by atoms with Gasteiger partial charge in [0.2, 0.25) is 0 Å². The SMILES string of the molecule is COCc1c(C(=O)OCC(=O)Nc2nc(C)cs2)sc2cccc(F)c12. The Hall–Kier alpha value is -2.36. The molecule has 0 saturated carbocycles. The zero-order valence-corrected chi connectivity index (χ0v) is 15.6. The molecule has 136 valence electrons. The van der Waals surface area contributed by atoms with Gasteiger partial charge in [-0.15, -0.1) is 22.7 Å². The minimum absolute atomic E-state index is 0.0654. The molecule has 2 aromatic heterocycles. The molecule has 0 bridgehead atoms. The summed E-state index contributed by atoms with van der Waals surface area (Å²) >= 11 is 2.39. The Morgan fingerprint density at radius 1 is 1.35 bits per heavy atom. The number of aromatic nitrogens is 1. The molecule has 1 amide bonds. The second-order valence-corrected chi connectivity index (χ2v) is 7.28. The first-order valence-electron chi connectivity index (χ1n) is 7.57. The van der Waals surface area contributed by atoms with Gasteiger partial charge in [0.25, 0.3) is 5.91 Å². The number of methoxy groups -OCH3 is 1. The van der Waals surface area contributed by atoms with Crippen molar-refractivity contribution in [2.24, 2.45) is 0 Å². The fraction of sp³-hybridized carbons (Fsp3) is 0.235. The number of amides is 1. The maximum atomic E-state index is 14.1. The zero-order valence-electron chi connectivity index (χ0n) is 14.0. The number of hydrogen-bond donors (Lipinski definition) is 1. The van der Waals surface area contributed by atoms with Crippen molar-refractivity contribution in [2.75, 3.05) is 19.0 Å². The van der Waals surface area contributed by atoms with E-state index in [1.165, 1.54) is 24.5 Å². The Kier molecular flexibility index (Phi) is 5.60. The first kappa shape index (κ1) is 18.4. The molecule has 0 unspecified atom stereocenters. The molecule has 6 nitrogen and oxygen atoms in total. The van der Waals surface area contributed by atoms with Crippen LogP contribution in [-0.4, -0.2) is 30.6 Å². The number of nitrogens with zero attached hydrogens (tertiary/aromatic N) is 1. The van der Waals surface area contributed by atoms with Gasteiger partial charge in [0.05, 0.1) is 12.3 Å². The largest absolute Gasteiger partial charge is 0.451 e. The first-order chi connectivity index (χ1) is 12.5. The molecule has 9 heteroatoms. The molecule has 1 N–H and O–H groups in total. The third kappa shape index (κ3) is 3.90. The predicted octanol–water partition coefficient (Wildman–Crippen LogP) is 3.75. The average molecular weight is 394 g/mol. The van der Waals surface area contributed by atoms with Crippen LogP contribution in [0.25, 0.3) is 10.1 Å². The quantitative estimate of drug-likeness (QED) is 0.645. The summed E-state index contributed by atoms with van der Waals surface area (Å²) in [5.41, 5.74) is 1.21. The topological polar surface area (TPSA) is 77.5 Å². The highest BCUT2D eigenvalue weighted by molar-refractivity contribution is 7.21. The fourth-order valence-corrected chi connectivity index (χ4v) is 4.20. The van der Waals surface area contributed by atoms with Crippen LogP contribution in [-0.2, 0) is 20.9 Å². The number of thiophene rings is 1. The van der Waals surface area contributed by atoms with Crippen molar-refractivity contribution in [3.05, 3.63) is 45.5 Å². The number of benzene rings is 1. The number of anilines is 1. The second-order valence-electron chi connectivity index (χ2n) is 5.37. The number of esters is 1. The Balaban J connectivity index is 1.74. The molecule has 0 atom stereocenters. The Morgan fingerprint density at radius 2 is 2.15 bits per heavy atom.